The van der Waals surface area contributed by atoms with Gasteiger partial charge in [0.15, 0.2) is 0 Å². The summed E-state index contributed by atoms with van der Waals surface area (Å²) in [5.41, 5.74) is 0.934. The van der Waals surface area contributed by atoms with Crippen molar-refractivity contribution in [3.8, 4) is 0 Å². The Morgan fingerprint density at radius 1 is 1.00 bits per heavy atom. The second-order valence-corrected chi connectivity index (χ2v) is 11.3. The Kier molecular flexibility index (Phi) is 9.42. The number of esters is 2. The van der Waals surface area contributed by atoms with Crippen molar-refractivity contribution in [3.05, 3.63) is 64.4 Å². The van der Waals surface area contributed by atoms with Gasteiger partial charge >= 0.3 is 24.3 Å². The number of halogens is 7. The van der Waals surface area contributed by atoms with Gasteiger partial charge in [-0.25, -0.2) is 19.6 Å². The van der Waals surface area contributed by atoms with Crippen LogP contribution in [0.25, 0.3) is 10.9 Å². The molecule has 0 unspecified atom stereocenters. The van der Waals surface area contributed by atoms with Gasteiger partial charge < -0.3 is 19.7 Å². The van der Waals surface area contributed by atoms with Gasteiger partial charge in [-0.1, -0.05) is 23.7 Å². The molecule has 2 aliphatic rings. The van der Waals surface area contributed by atoms with Crippen LogP contribution in [0.15, 0.2) is 42.5 Å². The minimum Gasteiger partial charge on any atom is -0.465 e. The molecule has 0 aliphatic carbocycles. The highest BCUT2D eigenvalue weighted by Gasteiger charge is 2.46. The number of fused-ring (bicyclic) bond motifs is 1. The van der Waals surface area contributed by atoms with Gasteiger partial charge in [-0.3, -0.25) is 4.90 Å². The molecular formula is C29H28ClF6N5O4. The highest BCUT2D eigenvalue weighted by atomic mass is 35.5. The maximum Gasteiger partial charge on any atom is 0.490 e. The number of methoxy groups -OCH3 is 1. The lowest BCUT2D eigenvalue weighted by Crippen LogP contribution is -2.51. The van der Waals surface area contributed by atoms with Gasteiger partial charge in [0.2, 0.25) is 5.82 Å². The third-order valence-electron chi connectivity index (χ3n) is 7.76. The van der Waals surface area contributed by atoms with Crippen molar-refractivity contribution < 1.29 is 45.4 Å². The molecule has 0 saturated carbocycles. The standard InChI is InChI=1S/C29H28ClF6N5O4/c1-44-25(42)17-4-7-21-20(12-17)24(39-26(38-21)28(31,32)33)41-14-22(23(15-41)45-27(43)29(34,35)36)37-19-8-10-40(11-9-19)13-16-2-5-18(30)6-3-16/h2-7,12,19,22-23,37H,8-11,13-15H2,1H3/t22-,23-/m0/s1. The van der Waals surface area contributed by atoms with Gasteiger partial charge in [0.1, 0.15) is 11.9 Å². The molecule has 3 heterocycles. The Labute approximate surface area is 258 Å². The van der Waals surface area contributed by atoms with E-state index in [1.807, 2.05) is 12.1 Å². The molecule has 9 nitrogen and oxygen atoms in total. The average molecular weight is 660 g/mol. The molecule has 2 atom stereocenters. The number of carbonyl (C=O) groups is 2. The van der Waals surface area contributed by atoms with E-state index in [0.29, 0.717) is 37.5 Å². The Balaban J connectivity index is 1.39. The van der Waals surface area contributed by atoms with Crippen LogP contribution < -0.4 is 10.2 Å². The summed E-state index contributed by atoms with van der Waals surface area (Å²) in [7, 11) is 1.13. The average Bonchev–Trinajstić information content (AvgIpc) is 3.38. The first-order chi connectivity index (χ1) is 21.2. The quantitative estimate of drug-likeness (QED) is 0.278. The minimum atomic E-state index is -5.27. The minimum absolute atomic E-state index is 0.00823. The maximum atomic E-state index is 13.8. The fourth-order valence-electron chi connectivity index (χ4n) is 5.56. The molecule has 2 fully saturated rings. The molecule has 2 aliphatic heterocycles. The van der Waals surface area contributed by atoms with Crippen LogP contribution in [0, 0.1) is 0 Å². The summed E-state index contributed by atoms with van der Waals surface area (Å²) in [5.74, 6) is -4.91. The molecule has 45 heavy (non-hydrogen) atoms. The number of piperidine rings is 1. The number of benzene rings is 2. The molecule has 0 spiro atoms. The Hall–Kier alpha value is -3.69. The number of nitrogens with one attached hydrogen (secondary N) is 1. The van der Waals surface area contributed by atoms with E-state index >= 15 is 0 Å². The van der Waals surface area contributed by atoms with Crippen LogP contribution in [0.4, 0.5) is 32.2 Å². The number of aromatic nitrogens is 2. The fraction of sp³-hybridized carbons (Fsp3) is 0.448. The van der Waals surface area contributed by atoms with Crippen molar-refractivity contribution in [2.45, 2.75) is 49.9 Å². The third-order valence-corrected chi connectivity index (χ3v) is 8.01. The van der Waals surface area contributed by atoms with Crippen molar-refractivity contribution in [1.82, 2.24) is 20.2 Å². The van der Waals surface area contributed by atoms with E-state index in [1.165, 1.54) is 23.1 Å². The molecule has 242 valence electrons. The zero-order valence-electron chi connectivity index (χ0n) is 23.8. The fourth-order valence-corrected chi connectivity index (χ4v) is 5.69. The van der Waals surface area contributed by atoms with Crippen LogP contribution in [0.2, 0.25) is 5.02 Å². The summed E-state index contributed by atoms with van der Waals surface area (Å²) >= 11 is 5.96. The van der Waals surface area contributed by atoms with Crippen LogP contribution in [-0.4, -0.2) is 84.5 Å². The number of anilines is 1. The first kappa shape index (κ1) is 32.7. The second kappa shape index (κ2) is 13.0. The molecule has 2 aromatic carbocycles. The number of nitrogens with zero attached hydrogens (tertiary/aromatic N) is 4. The second-order valence-electron chi connectivity index (χ2n) is 10.9. The summed E-state index contributed by atoms with van der Waals surface area (Å²) < 4.78 is 90.4. The Bertz CT molecular complexity index is 1550. The van der Waals surface area contributed by atoms with Gasteiger partial charge in [0.25, 0.3) is 0 Å². The van der Waals surface area contributed by atoms with Crippen LogP contribution in [0.5, 0.6) is 0 Å². The van der Waals surface area contributed by atoms with Crippen LogP contribution >= 0.6 is 11.6 Å². The molecule has 3 aromatic rings. The molecule has 0 radical (unpaired) electrons. The zero-order valence-corrected chi connectivity index (χ0v) is 24.5. The topological polar surface area (TPSA) is 96.9 Å². The molecular weight excluding hydrogens is 632 g/mol. The van der Waals surface area contributed by atoms with E-state index < -0.39 is 42.3 Å². The van der Waals surface area contributed by atoms with Gasteiger partial charge in [0.05, 0.1) is 30.8 Å². The van der Waals surface area contributed by atoms with E-state index in [4.69, 9.17) is 21.1 Å². The van der Waals surface area contributed by atoms with Crippen molar-refractivity contribution in [2.75, 3.05) is 38.2 Å². The summed E-state index contributed by atoms with van der Waals surface area (Å²) in [6.07, 6.45) is -10.3. The lowest BCUT2D eigenvalue weighted by Gasteiger charge is -2.34. The van der Waals surface area contributed by atoms with E-state index in [0.717, 1.165) is 12.7 Å². The highest BCUT2D eigenvalue weighted by molar-refractivity contribution is 6.30. The van der Waals surface area contributed by atoms with Crippen LogP contribution in [-0.2, 0) is 27.0 Å². The molecule has 2 saturated heterocycles. The van der Waals surface area contributed by atoms with Gasteiger partial charge in [0, 0.05) is 29.5 Å². The van der Waals surface area contributed by atoms with E-state index in [9.17, 15) is 35.9 Å². The predicted octanol–water partition coefficient (Wildman–Crippen LogP) is 5.01. The molecule has 1 N–H and O–H groups in total. The van der Waals surface area contributed by atoms with E-state index in [1.54, 1.807) is 12.1 Å². The summed E-state index contributed by atoms with van der Waals surface area (Å²) in [6, 6.07) is 10.1. The van der Waals surface area contributed by atoms with E-state index in [2.05, 4.69) is 20.2 Å². The van der Waals surface area contributed by atoms with Crippen molar-refractivity contribution >= 4 is 40.3 Å². The van der Waals surface area contributed by atoms with Gasteiger partial charge in [-0.05, 0) is 61.8 Å². The summed E-state index contributed by atoms with van der Waals surface area (Å²) in [4.78, 5) is 34.8. The van der Waals surface area contributed by atoms with Crippen LogP contribution in [0.1, 0.15) is 34.6 Å². The number of rotatable bonds is 7. The number of hydrogen-bond donors (Lipinski definition) is 1. The van der Waals surface area contributed by atoms with Crippen LogP contribution in [0.3, 0.4) is 0 Å². The highest BCUT2D eigenvalue weighted by Crippen LogP contribution is 2.35. The normalized spacial score (nSPS) is 20.0. The monoisotopic (exact) mass is 659 g/mol. The molecule has 0 amide bonds. The first-order valence-electron chi connectivity index (χ1n) is 13.9. The number of alkyl halides is 6. The van der Waals surface area contributed by atoms with Crippen molar-refractivity contribution in [3.63, 3.8) is 0 Å². The largest absolute Gasteiger partial charge is 0.490 e. The summed E-state index contributed by atoms with van der Waals surface area (Å²) in [5, 5.41) is 3.95. The third kappa shape index (κ3) is 7.76. The van der Waals surface area contributed by atoms with Crippen molar-refractivity contribution in [1.29, 1.82) is 0 Å². The molecule has 1 aromatic heterocycles. The van der Waals surface area contributed by atoms with Gasteiger partial charge in [-0.2, -0.15) is 26.3 Å². The molecule has 5 rings (SSSR count). The zero-order chi connectivity index (χ0) is 32.5. The number of likely N-dealkylation sites (tertiary alicyclic amines) is 1. The predicted molar refractivity (Wildman–Crippen MR) is 151 cm³/mol. The lowest BCUT2D eigenvalue weighted by atomic mass is 10.0. The number of ether oxygens (including phenoxy) is 2. The number of hydrogen-bond acceptors (Lipinski definition) is 9. The Morgan fingerprint density at radius 3 is 2.31 bits per heavy atom. The Morgan fingerprint density at radius 2 is 1.69 bits per heavy atom. The summed E-state index contributed by atoms with van der Waals surface area (Å²) in [6.45, 7) is 1.51. The molecule has 16 heteroatoms. The first-order valence-corrected chi connectivity index (χ1v) is 14.3. The maximum absolute atomic E-state index is 13.8. The van der Waals surface area contributed by atoms with Crippen molar-refractivity contribution in [2.24, 2.45) is 0 Å². The van der Waals surface area contributed by atoms with E-state index in [-0.39, 0.29) is 41.4 Å². The number of carbonyl (C=O) groups excluding carboxylic acids is 2. The van der Waals surface area contributed by atoms with Gasteiger partial charge in [-0.15, -0.1) is 0 Å². The smallest absolute Gasteiger partial charge is 0.465 e. The molecule has 0 bridgehead atoms. The SMILES string of the molecule is COC(=O)c1ccc2nc(C(F)(F)F)nc(N3C[C@H](NC4CCN(Cc5ccc(Cl)cc5)CC4)[C@@H](OC(=O)C(F)(F)F)C3)c2c1. The lowest BCUT2D eigenvalue weighted by molar-refractivity contribution is -0.204.